The first kappa shape index (κ1) is 42.9. The van der Waals surface area contributed by atoms with E-state index in [4.69, 9.17) is 9.47 Å². The Morgan fingerprint density at radius 2 is 0.500 bits per heavy atom. The van der Waals surface area contributed by atoms with Gasteiger partial charge in [-0.3, -0.25) is 9.59 Å². The Morgan fingerprint density at radius 3 is 0.750 bits per heavy atom. The number of unbranched alkanes of at least 4 members (excludes halogenated alkanes) is 29. The number of rotatable bonds is 37. The van der Waals surface area contributed by atoms with Crippen molar-refractivity contribution in [1.29, 1.82) is 0 Å². The molecule has 0 saturated carbocycles. The molecule has 0 fully saturated rings. The van der Waals surface area contributed by atoms with Gasteiger partial charge in [-0.1, -0.05) is 194 Å². The summed E-state index contributed by atoms with van der Waals surface area (Å²) in [6.45, 7) is 5.74. The summed E-state index contributed by atoms with van der Waals surface area (Å²) in [5.74, 6) is 0.0000651. The van der Waals surface area contributed by atoms with Crippen LogP contribution < -0.4 is 0 Å². The average molecular weight is 623 g/mol. The van der Waals surface area contributed by atoms with Gasteiger partial charge in [0.15, 0.2) is 0 Å². The molecule has 0 aliphatic rings. The number of hydrogen-bond donors (Lipinski definition) is 0. The van der Waals surface area contributed by atoms with Gasteiger partial charge in [-0.25, -0.2) is 0 Å². The monoisotopic (exact) mass is 623 g/mol. The maximum absolute atomic E-state index is 11.9. The van der Waals surface area contributed by atoms with Crippen molar-refractivity contribution in [3.05, 3.63) is 0 Å². The maximum atomic E-state index is 11.9. The van der Waals surface area contributed by atoms with Gasteiger partial charge in [0.05, 0.1) is 13.2 Å². The summed E-state index contributed by atoms with van der Waals surface area (Å²) >= 11 is 0. The molecule has 262 valence electrons. The van der Waals surface area contributed by atoms with E-state index in [9.17, 15) is 9.59 Å². The summed E-state index contributed by atoms with van der Waals surface area (Å²) in [5, 5.41) is 0. The van der Waals surface area contributed by atoms with Gasteiger partial charge in [0.1, 0.15) is 0 Å². The number of ether oxygens (including phenoxy) is 2. The second kappa shape index (κ2) is 38.1. The molecular formula is C40H78O4. The molecule has 0 radical (unpaired) electrons. The third-order valence-electron chi connectivity index (χ3n) is 9.03. The van der Waals surface area contributed by atoms with Crippen molar-refractivity contribution in [2.75, 3.05) is 13.2 Å². The molecule has 0 unspecified atom stereocenters. The molecule has 0 aliphatic heterocycles. The predicted octanol–water partition coefficient (Wildman–Crippen LogP) is 13.4. The summed E-state index contributed by atoms with van der Waals surface area (Å²) in [6.07, 6.45) is 41.9. The van der Waals surface area contributed by atoms with E-state index < -0.39 is 0 Å². The molecule has 4 nitrogen and oxygen atoms in total. The van der Waals surface area contributed by atoms with Crippen LogP contribution in [-0.2, 0) is 19.1 Å². The number of esters is 2. The van der Waals surface area contributed by atoms with Crippen molar-refractivity contribution in [3.63, 3.8) is 0 Å². The minimum atomic E-state index is 0.0000326. The van der Waals surface area contributed by atoms with Crippen LogP contribution in [0.25, 0.3) is 0 Å². The van der Waals surface area contributed by atoms with Crippen LogP contribution in [0.2, 0.25) is 0 Å². The van der Waals surface area contributed by atoms with Crippen LogP contribution in [0, 0.1) is 0 Å². The highest BCUT2D eigenvalue weighted by Gasteiger charge is 2.04. The molecule has 0 aromatic heterocycles. The van der Waals surface area contributed by atoms with E-state index >= 15 is 0 Å². The highest BCUT2D eigenvalue weighted by atomic mass is 16.5. The normalized spacial score (nSPS) is 11.2. The SMILES string of the molecule is CCCCCCCCCCCCCC(=O)OCCCCCCCCCCCCOC(=O)CCCCCCCCCCCCC. The quantitative estimate of drug-likeness (QED) is 0.0511. The van der Waals surface area contributed by atoms with E-state index in [0.717, 1.165) is 51.4 Å². The fraction of sp³-hybridized carbons (Fsp3) is 0.950. The zero-order valence-corrected chi connectivity index (χ0v) is 30.1. The smallest absolute Gasteiger partial charge is 0.305 e. The summed E-state index contributed by atoms with van der Waals surface area (Å²) in [4.78, 5) is 23.8. The minimum absolute atomic E-state index is 0.0000326. The van der Waals surface area contributed by atoms with Gasteiger partial charge in [-0.15, -0.1) is 0 Å². The van der Waals surface area contributed by atoms with Crippen LogP contribution >= 0.6 is 0 Å². The lowest BCUT2D eigenvalue weighted by molar-refractivity contribution is -0.144. The molecule has 0 heterocycles. The van der Waals surface area contributed by atoms with Gasteiger partial charge < -0.3 is 9.47 Å². The Balaban J connectivity index is 3.21. The third-order valence-corrected chi connectivity index (χ3v) is 9.03. The lowest BCUT2D eigenvalue weighted by Gasteiger charge is -2.06. The zero-order chi connectivity index (χ0) is 32.0. The first-order valence-corrected chi connectivity index (χ1v) is 20.0. The van der Waals surface area contributed by atoms with Gasteiger partial charge in [0.25, 0.3) is 0 Å². The molecule has 0 rings (SSSR count). The van der Waals surface area contributed by atoms with Crippen molar-refractivity contribution in [2.24, 2.45) is 0 Å². The molecule has 0 N–H and O–H groups in total. The fourth-order valence-electron chi connectivity index (χ4n) is 6.00. The van der Waals surface area contributed by atoms with E-state index in [0.29, 0.717) is 26.1 Å². The first-order chi connectivity index (χ1) is 21.7. The molecule has 0 aromatic rings. The molecule has 0 bridgehead atoms. The largest absolute Gasteiger partial charge is 0.466 e. The second-order valence-electron chi connectivity index (χ2n) is 13.5. The highest BCUT2D eigenvalue weighted by Crippen LogP contribution is 2.14. The van der Waals surface area contributed by atoms with Gasteiger partial charge in [0.2, 0.25) is 0 Å². The topological polar surface area (TPSA) is 52.6 Å². The third kappa shape index (κ3) is 37.1. The molecular weight excluding hydrogens is 544 g/mol. The Morgan fingerprint density at radius 1 is 0.295 bits per heavy atom. The Kier molecular flexibility index (Phi) is 37.2. The van der Waals surface area contributed by atoms with Crippen LogP contribution in [0.1, 0.15) is 232 Å². The van der Waals surface area contributed by atoms with Gasteiger partial charge in [-0.2, -0.15) is 0 Å². The predicted molar refractivity (Wildman–Crippen MR) is 190 cm³/mol. The number of carbonyl (C=O) groups excluding carboxylic acids is 2. The van der Waals surface area contributed by atoms with Crippen molar-refractivity contribution in [1.82, 2.24) is 0 Å². The molecule has 0 spiro atoms. The van der Waals surface area contributed by atoms with E-state index in [2.05, 4.69) is 13.8 Å². The summed E-state index contributed by atoms with van der Waals surface area (Å²) in [6, 6.07) is 0. The van der Waals surface area contributed by atoms with Gasteiger partial charge in [-0.05, 0) is 25.7 Å². The van der Waals surface area contributed by atoms with Crippen LogP contribution in [0.3, 0.4) is 0 Å². The molecule has 0 amide bonds. The van der Waals surface area contributed by atoms with Crippen molar-refractivity contribution >= 4 is 11.9 Å². The lowest BCUT2D eigenvalue weighted by Crippen LogP contribution is -2.05. The standard InChI is InChI=1S/C40H78O4/c1-3-5-7-9-11-13-15-19-23-27-31-35-39(41)43-37-33-29-25-21-17-18-22-26-30-34-38-44-40(42)36-32-28-24-20-16-14-12-10-8-6-4-2/h3-38H2,1-2H3. The fourth-order valence-corrected chi connectivity index (χ4v) is 6.00. The van der Waals surface area contributed by atoms with E-state index in [1.807, 2.05) is 0 Å². The van der Waals surface area contributed by atoms with Crippen LogP contribution in [0.4, 0.5) is 0 Å². The van der Waals surface area contributed by atoms with Crippen molar-refractivity contribution in [3.8, 4) is 0 Å². The van der Waals surface area contributed by atoms with Gasteiger partial charge in [0, 0.05) is 12.8 Å². The van der Waals surface area contributed by atoms with Crippen LogP contribution in [-0.4, -0.2) is 25.2 Å². The maximum Gasteiger partial charge on any atom is 0.305 e. The van der Waals surface area contributed by atoms with Gasteiger partial charge >= 0.3 is 11.9 Å². The molecule has 0 aliphatic carbocycles. The summed E-state index contributed by atoms with van der Waals surface area (Å²) < 4.78 is 10.8. The molecule has 4 heteroatoms. The van der Waals surface area contributed by atoms with E-state index in [1.54, 1.807) is 0 Å². The molecule has 0 aromatic carbocycles. The van der Waals surface area contributed by atoms with Crippen molar-refractivity contribution in [2.45, 2.75) is 232 Å². The number of carbonyl (C=O) groups is 2. The molecule has 0 atom stereocenters. The van der Waals surface area contributed by atoms with E-state index in [-0.39, 0.29) is 11.9 Å². The average Bonchev–Trinajstić information content (AvgIpc) is 3.02. The lowest BCUT2D eigenvalue weighted by atomic mass is 10.1. The number of hydrogen-bond acceptors (Lipinski definition) is 4. The summed E-state index contributed by atoms with van der Waals surface area (Å²) in [5.41, 5.74) is 0. The summed E-state index contributed by atoms with van der Waals surface area (Å²) in [7, 11) is 0. The minimum Gasteiger partial charge on any atom is -0.466 e. The molecule has 44 heavy (non-hydrogen) atoms. The Bertz CT molecular complexity index is 526. The Labute approximate surface area is 276 Å². The second-order valence-corrected chi connectivity index (χ2v) is 13.5. The van der Waals surface area contributed by atoms with E-state index in [1.165, 1.54) is 154 Å². The molecule has 0 saturated heterocycles. The van der Waals surface area contributed by atoms with Crippen molar-refractivity contribution < 1.29 is 19.1 Å². The van der Waals surface area contributed by atoms with Crippen LogP contribution in [0.5, 0.6) is 0 Å². The van der Waals surface area contributed by atoms with Crippen LogP contribution in [0.15, 0.2) is 0 Å². The highest BCUT2D eigenvalue weighted by molar-refractivity contribution is 5.69. The first-order valence-electron chi connectivity index (χ1n) is 20.0. The zero-order valence-electron chi connectivity index (χ0n) is 30.1. The Hall–Kier alpha value is -1.06.